The van der Waals surface area contributed by atoms with Gasteiger partial charge < -0.3 is 4.74 Å². The minimum absolute atomic E-state index is 0.0735. The van der Waals surface area contributed by atoms with Crippen LogP contribution in [0.3, 0.4) is 0 Å². The topological polar surface area (TPSA) is 55.3 Å². The van der Waals surface area contributed by atoms with E-state index in [1.807, 2.05) is 50.2 Å². The Morgan fingerprint density at radius 3 is 2.96 bits per heavy atom. The summed E-state index contributed by atoms with van der Waals surface area (Å²) in [5.41, 5.74) is 3.93. The zero-order valence-electron chi connectivity index (χ0n) is 13.6. The molecule has 0 aliphatic carbocycles. The Kier molecular flexibility index (Phi) is 3.41. The highest BCUT2D eigenvalue weighted by Crippen LogP contribution is 2.32. The molecule has 1 amide bonds. The molecule has 0 spiro atoms. The van der Waals surface area contributed by atoms with Gasteiger partial charge in [-0.1, -0.05) is 18.2 Å². The molecule has 24 heavy (non-hydrogen) atoms. The first-order valence-corrected chi connectivity index (χ1v) is 7.91. The van der Waals surface area contributed by atoms with Crippen molar-refractivity contribution in [2.75, 3.05) is 18.1 Å². The molecule has 120 valence electrons. The molecule has 0 saturated heterocycles. The summed E-state index contributed by atoms with van der Waals surface area (Å²) in [6.45, 7) is 4.82. The highest BCUT2D eigenvalue weighted by Gasteiger charge is 2.27. The summed E-state index contributed by atoms with van der Waals surface area (Å²) >= 11 is 0. The smallest absolute Gasteiger partial charge is 0.260 e. The number of fused-ring (bicyclic) bond motifs is 2. The maximum Gasteiger partial charge on any atom is 0.260 e. The molecule has 1 aliphatic heterocycles. The second-order valence-electron chi connectivity index (χ2n) is 5.97. The molecule has 2 aromatic heterocycles. The maximum atomic E-state index is 13.2. The van der Waals surface area contributed by atoms with Crippen molar-refractivity contribution >= 4 is 22.5 Å². The molecular formula is C19H17N3O2. The molecule has 1 aliphatic rings. The van der Waals surface area contributed by atoms with Gasteiger partial charge in [-0.3, -0.25) is 14.7 Å². The van der Waals surface area contributed by atoms with Crippen molar-refractivity contribution in [1.82, 2.24) is 9.97 Å². The summed E-state index contributed by atoms with van der Waals surface area (Å²) < 4.78 is 5.58. The Labute approximate surface area is 139 Å². The third-order valence-electron chi connectivity index (χ3n) is 4.15. The Hall–Kier alpha value is -2.95. The number of ether oxygens (including phenoxy) is 1. The fraction of sp³-hybridized carbons (Fsp3) is 0.211. The highest BCUT2D eigenvalue weighted by molar-refractivity contribution is 6.13. The first-order valence-electron chi connectivity index (χ1n) is 7.91. The van der Waals surface area contributed by atoms with Crippen LogP contribution < -0.4 is 9.64 Å². The van der Waals surface area contributed by atoms with Crippen LogP contribution in [0.15, 0.2) is 42.6 Å². The average Bonchev–Trinajstić information content (AvgIpc) is 2.60. The zero-order chi connectivity index (χ0) is 16.7. The number of benzene rings is 1. The van der Waals surface area contributed by atoms with Crippen molar-refractivity contribution in [2.45, 2.75) is 13.8 Å². The number of anilines is 1. The maximum absolute atomic E-state index is 13.2. The molecule has 5 heteroatoms. The van der Waals surface area contributed by atoms with Gasteiger partial charge >= 0.3 is 0 Å². The highest BCUT2D eigenvalue weighted by atomic mass is 16.5. The molecule has 0 radical (unpaired) electrons. The minimum atomic E-state index is -0.0735. The van der Waals surface area contributed by atoms with Crippen LogP contribution in [0.5, 0.6) is 5.88 Å². The molecule has 0 saturated carbocycles. The van der Waals surface area contributed by atoms with Crippen molar-refractivity contribution in [1.29, 1.82) is 0 Å². The van der Waals surface area contributed by atoms with Gasteiger partial charge in [0, 0.05) is 17.3 Å². The standard InChI is InChI=1S/C19H17N3O2/c1-12-10-16-18(20-11-12)24-9-8-22(16)19(23)15-5-3-4-14-7-6-13(2)21-17(14)15/h3-7,10-11H,8-9H2,1-2H3. The summed E-state index contributed by atoms with van der Waals surface area (Å²) in [7, 11) is 0. The Bertz CT molecular complexity index is 952. The summed E-state index contributed by atoms with van der Waals surface area (Å²) in [6.07, 6.45) is 1.75. The van der Waals surface area contributed by atoms with Gasteiger partial charge in [-0.05, 0) is 37.6 Å². The molecule has 4 rings (SSSR count). The largest absolute Gasteiger partial charge is 0.474 e. The van der Waals surface area contributed by atoms with Gasteiger partial charge in [0.15, 0.2) is 0 Å². The van der Waals surface area contributed by atoms with E-state index in [2.05, 4.69) is 9.97 Å². The molecule has 0 N–H and O–H groups in total. The number of carbonyl (C=O) groups excluding carboxylic acids is 1. The molecule has 3 heterocycles. The summed E-state index contributed by atoms with van der Waals surface area (Å²) in [6, 6.07) is 11.6. The molecule has 5 nitrogen and oxygen atoms in total. The first-order chi connectivity index (χ1) is 11.6. The Morgan fingerprint density at radius 2 is 2.08 bits per heavy atom. The van der Waals surface area contributed by atoms with Crippen LogP contribution in [0.1, 0.15) is 21.6 Å². The van der Waals surface area contributed by atoms with Gasteiger partial charge in [0.2, 0.25) is 5.88 Å². The predicted octanol–water partition coefficient (Wildman–Crippen LogP) is 3.29. The van der Waals surface area contributed by atoms with Crippen LogP contribution in [-0.2, 0) is 0 Å². The quantitative estimate of drug-likeness (QED) is 0.690. The van der Waals surface area contributed by atoms with Gasteiger partial charge in [0.1, 0.15) is 12.3 Å². The lowest BCUT2D eigenvalue weighted by molar-refractivity contribution is 0.0977. The van der Waals surface area contributed by atoms with Gasteiger partial charge in [0.25, 0.3) is 5.91 Å². The first kappa shape index (κ1) is 14.6. The number of hydrogen-bond acceptors (Lipinski definition) is 4. The van der Waals surface area contributed by atoms with E-state index in [1.54, 1.807) is 11.1 Å². The zero-order valence-corrected chi connectivity index (χ0v) is 13.6. The van der Waals surface area contributed by atoms with E-state index < -0.39 is 0 Å². The minimum Gasteiger partial charge on any atom is -0.474 e. The van der Waals surface area contributed by atoms with Gasteiger partial charge in [-0.25, -0.2) is 4.98 Å². The molecule has 0 unspecified atom stereocenters. The van der Waals surface area contributed by atoms with Crippen molar-refractivity contribution in [2.24, 2.45) is 0 Å². The van der Waals surface area contributed by atoms with Crippen molar-refractivity contribution in [3.05, 3.63) is 59.4 Å². The van der Waals surface area contributed by atoms with Crippen LogP contribution in [0.4, 0.5) is 5.69 Å². The van der Waals surface area contributed by atoms with Crippen molar-refractivity contribution in [3.63, 3.8) is 0 Å². The van der Waals surface area contributed by atoms with E-state index >= 15 is 0 Å². The summed E-state index contributed by atoms with van der Waals surface area (Å²) in [5, 5.41) is 0.960. The second kappa shape index (κ2) is 5.60. The summed E-state index contributed by atoms with van der Waals surface area (Å²) in [5.74, 6) is 0.431. The lowest BCUT2D eigenvalue weighted by Crippen LogP contribution is -2.38. The molecule has 0 atom stereocenters. The molecule has 0 bridgehead atoms. The van der Waals surface area contributed by atoms with Gasteiger partial charge in [-0.2, -0.15) is 0 Å². The Balaban J connectivity index is 1.84. The summed E-state index contributed by atoms with van der Waals surface area (Å²) in [4.78, 5) is 23.8. The van der Waals surface area contributed by atoms with Crippen LogP contribution in [0.2, 0.25) is 0 Å². The van der Waals surface area contributed by atoms with Crippen LogP contribution in [0.25, 0.3) is 10.9 Å². The van der Waals surface area contributed by atoms with E-state index in [-0.39, 0.29) is 5.91 Å². The lowest BCUT2D eigenvalue weighted by atomic mass is 10.1. The van der Waals surface area contributed by atoms with Crippen molar-refractivity contribution < 1.29 is 9.53 Å². The number of nitrogens with zero attached hydrogens (tertiary/aromatic N) is 3. The number of para-hydroxylation sites is 1. The average molecular weight is 319 g/mol. The number of aromatic nitrogens is 2. The number of aryl methyl sites for hydroxylation is 2. The number of hydrogen-bond donors (Lipinski definition) is 0. The SMILES string of the molecule is Cc1cnc2c(c1)N(C(=O)c1cccc3ccc(C)nc13)CCO2. The van der Waals surface area contributed by atoms with E-state index in [9.17, 15) is 4.79 Å². The molecule has 3 aromatic rings. The third-order valence-corrected chi connectivity index (χ3v) is 4.15. The third kappa shape index (κ3) is 2.38. The monoisotopic (exact) mass is 319 g/mol. The molecule has 0 fully saturated rings. The van der Waals surface area contributed by atoms with Crippen LogP contribution in [-0.4, -0.2) is 29.0 Å². The van der Waals surface area contributed by atoms with E-state index in [1.165, 1.54) is 0 Å². The second-order valence-corrected chi connectivity index (χ2v) is 5.97. The fourth-order valence-corrected chi connectivity index (χ4v) is 2.97. The van der Waals surface area contributed by atoms with E-state index in [0.29, 0.717) is 24.6 Å². The van der Waals surface area contributed by atoms with Crippen molar-refractivity contribution in [3.8, 4) is 5.88 Å². The van der Waals surface area contributed by atoms with E-state index in [4.69, 9.17) is 4.74 Å². The van der Waals surface area contributed by atoms with Gasteiger partial charge in [0.05, 0.1) is 17.6 Å². The molecular weight excluding hydrogens is 302 g/mol. The number of rotatable bonds is 1. The predicted molar refractivity (Wildman–Crippen MR) is 92.6 cm³/mol. The number of carbonyl (C=O) groups is 1. The fourth-order valence-electron chi connectivity index (χ4n) is 2.97. The van der Waals surface area contributed by atoms with E-state index in [0.717, 1.165) is 27.8 Å². The molecule has 1 aromatic carbocycles. The normalized spacial score (nSPS) is 13.5. The lowest BCUT2D eigenvalue weighted by Gasteiger charge is -2.29. The van der Waals surface area contributed by atoms with Gasteiger partial charge in [-0.15, -0.1) is 0 Å². The van der Waals surface area contributed by atoms with Crippen LogP contribution >= 0.6 is 0 Å². The Morgan fingerprint density at radius 1 is 1.21 bits per heavy atom. The van der Waals surface area contributed by atoms with Crippen LogP contribution in [0, 0.1) is 13.8 Å². The number of pyridine rings is 2. The number of amides is 1.